The van der Waals surface area contributed by atoms with E-state index in [1.54, 1.807) is 30.1 Å². The van der Waals surface area contributed by atoms with Crippen LogP contribution in [0.3, 0.4) is 0 Å². The van der Waals surface area contributed by atoms with Gasteiger partial charge in [-0.15, -0.1) is 0 Å². The third kappa shape index (κ3) is 8.10. The van der Waals surface area contributed by atoms with Gasteiger partial charge in [-0.1, -0.05) is 60.2 Å². The van der Waals surface area contributed by atoms with Gasteiger partial charge in [0, 0.05) is 26.7 Å². The van der Waals surface area contributed by atoms with Crippen molar-refractivity contribution in [1.82, 2.24) is 9.80 Å². The fraction of sp³-hybridized carbons (Fsp3) is 0.417. The number of ether oxygens (including phenoxy) is 1. The Bertz CT molecular complexity index is 885. The Balaban J connectivity index is 2.09. The van der Waals surface area contributed by atoms with Gasteiger partial charge in [-0.2, -0.15) is 0 Å². The molecule has 8 heteroatoms. The van der Waals surface area contributed by atoms with E-state index in [0.717, 1.165) is 24.1 Å². The van der Waals surface area contributed by atoms with Gasteiger partial charge in [0.1, 0.15) is 6.61 Å². The summed E-state index contributed by atoms with van der Waals surface area (Å²) in [6.45, 7) is 7.78. The highest BCUT2D eigenvalue weighted by atomic mass is 35.5. The summed E-state index contributed by atoms with van der Waals surface area (Å²) < 4.78 is 5.43. The summed E-state index contributed by atoms with van der Waals surface area (Å²) in [6, 6.07) is 4.94. The fourth-order valence-corrected chi connectivity index (χ4v) is 3.87. The van der Waals surface area contributed by atoms with Gasteiger partial charge in [-0.05, 0) is 36.6 Å². The molecule has 0 radical (unpaired) electrons. The Morgan fingerprint density at radius 2 is 2.09 bits per heavy atom. The number of nitrogens with zero attached hydrogens (tertiary/aromatic N) is 2. The average molecular weight is 481 g/mol. The van der Waals surface area contributed by atoms with Gasteiger partial charge in [-0.3, -0.25) is 9.69 Å². The summed E-state index contributed by atoms with van der Waals surface area (Å²) in [5.74, 6) is -1.04. The molecule has 0 spiro atoms. The largest absolute Gasteiger partial charge is 0.480 e. The first-order valence-corrected chi connectivity index (χ1v) is 11.2. The number of likely N-dealkylation sites (tertiary alicyclic amines) is 1. The summed E-state index contributed by atoms with van der Waals surface area (Å²) in [4.78, 5) is 27.7. The summed E-state index contributed by atoms with van der Waals surface area (Å²) in [7, 11) is 1.77. The molecule has 1 aliphatic rings. The van der Waals surface area contributed by atoms with E-state index in [1.807, 2.05) is 31.2 Å². The molecule has 0 saturated carbocycles. The number of likely N-dealkylation sites (N-methyl/N-ethyl adjacent to an activating group) is 1. The minimum Gasteiger partial charge on any atom is -0.480 e. The summed E-state index contributed by atoms with van der Waals surface area (Å²) in [6.07, 6.45) is 8.45. The number of carboxylic acids is 1. The molecule has 1 saturated heterocycles. The summed E-state index contributed by atoms with van der Waals surface area (Å²) in [5.41, 5.74) is 1.59. The Morgan fingerprint density at radius 3 is 2.75 bits per heavy atom. The van der Waals surface area contributed by atoms with E-state index in [9.17, 15) is 9.59 Å². The maximum Gasteiger partial charge on any atom is 0.329 e. The first-order valence-electron chi connectivity index (χ1n) is 10.4. The molecule has 1 aromatic carbocycles. The van der Waals surface area contributed by atoms with Crippen molar-refractivity contribution in [2.75, 3.05) is 33.3 Å². The molecule has 1 aliphatic heterocycles. The van der Waals surface area contributed by atoms with Crippen LogP contribution >= 0.6 is 23.2 Å². The molecule has 2 atom stereocenters. The minimum atomic E-state index is -0.976. The molecule has 2 rings (SSSR count). The van der Waals surface area contributed by atoms with Crippen LogP contribution in [0.2, 0.25) is 10.0 Å². The SMILES string of the molecule is C=C(/C=C\C=C/C)[C@@H](CN1CC[C@H](OCC(=O)O)C1)N(C)C(=O)Cc1ccc(Cl)c(Cl)c1. The Kier molecular flexibility index (Phi) is 10.5. The number of benzene rings is 1. The maximum absolute atomic E-state index is 13.1. The Labute approximate surface area is 199 Å². The molecule has 1 fully saturated rings. The number of halogens is 2. The van der Waals surface area contributed by atoms with E-state index in [4.69, 9.17) is 33.0 Å². The molecule has 1 aromatic rings. The molecule has 6 nitrogen and oxygen atoms in total. The first kappa shape index (κ1) is 26.1. The molecule has 1 heterocycles. The lowest BCUT2D eigenvalue weighted by atomic mass is 10.0. The predicted molar refractivity (Wildman–Crippen MR) is 128 cm³/mol. The standard InChI is InChI=1S/C24H30Cl2N2O4/c1-4-5-6-7-17(2)22(15-28-11-10-19(14-28)32-16-24(30)31)27(3)23(29)13-18-8-9-20(25)21(26)12-18/h4-9,12,19,22H,2,10-11,13-16H2,1,3H3,(H,30,31)/b5-4-,7-6-/t19-,22+/m0/s1. The second kappa shape index (κ2) is 12.8. The summed E-state index contributed by atoms with van der Waals surface area (Å²) in [5, 5.41) is 9.69. The van der Waals surface area contributed by atoms with Crippen molar-refractivity contribution in [2.45, 2.75) is 31.9 Å². The highest BCUT2D eigenvalue weighted by molar-refractivity contribution is 6.42. The van der Waals surface area contributed by atoms with Gasteiger partial charge < -0.3 is 14.7 Å². The number of hydrogen-bond donors (Lipinski definition) is 1. The van der Waals surface area contributed by atoms with E-state index >= 15 is 0 Å². The van der Waals surface area contributed by atoms with Gasteiger partial charge in [0.2, 0.25) is 5.91 Å². The van der Waals surface area contributed by atoms with Crippen LogP contribution in [0.25, 0.3) is 0 Å². The maximum atomic E-state index is 13.1. The van der Waals surface area contributed by atoms with Crippen molar-refractivity contribution in [2.24, 2.45) is 0 Å². The Hall–Kier alpha value is -2.12. The molecule has 0 aliphatic carbocycles. The molecule has 0 unspecified atom stereocenters. The minimum absolute atomic E-state index is 0.0631. The number of carboxylic acid groups (broad SMARTS) is 1. The van der Waals surface area contributed by atoms with Gasteiger partial charge in [0.05, 0.1) is 28.6 Å². The van der Waals surface area contributed by atoms with Crippen molar-refractivity contribution in [3.63, 3.8) is 0 Å². The quantitative estimate of drug-likeness (QED) is 0.480. The monoisotopic (exact) mass is 480 g/mol. The zero-order chi connectivity index (χ0) is 23.7. The normalized spacial score (nSPS) is 17.8. The molecular weight excluding hydrogens is 451 g/mol. The van der Waals surface area contributed by atoms with E-state index in [1.165, 1.54) is 0 Å². The highest BCUT2D eigenvalue weighted by Gasteiger charge is 2.29. The molecule has 174 valence electrons. The predicted octanol–water partition coefficient (Wildman–Crippen LogP) is 4.23. The van der Waals surface area contributed by atoms with Crippen LogP contribution in [0.1, 0.15) is 18.9 Å². The average Bonchev–Trinajstić information content (AvgIpc) is 3.20. The first-order chi connectivity index (χ1) is 15.2. The number of carbonyl (C=O) groups is 2. The van der Waals surface area contributed by atoms with Crippen molar-refractivity contribution >= 4 is 35.1 Å². The lowest BCUT2D eigenvalue weighted by Crippen LogP contribution is -2.46. The number of amides is 1. The van der Waals surface area contributed by atoms with Gasteiger partial charge in [0.25, 0.3) is 0 Å². The molecular formula is C24H30Cl2N2O4. The zero-order valence-corrected chi connectivity index (χ0v) is 20.0. The van der Waals surface area contributed by atoms with Crippen LogP contribution in [0, 0.1) is 0 Å². The lowest BCUT2D eigenvalue weighted by Gasteiger charge is -2.32. The smallest absolute Gasteiger partial charge is 0.329 e. The molecule has 1 N–H and O–H groups in total. The number of hydrogen-bond acceptors (Lipinski definition) is 4. The van der Waals surface area contributed by atoms with Crippen LogP contribution < -0.4 is 0 Å². The number of allylic oxidation sites excluding steroid dienone is 3. The van der Waals surface area contributed by atoms with Crippen LogP contribution in [-0.4, -0.2) is 72.2 Å². The molecule has 32 heavy (non-hydrogen) atoms. The number of aliphatic carboxylic acids is 1. The topological polar surface area (TPSA) is 70.1 Å². The van der Waals surface area contributed by atoms with E-state index in [0.29, 0.717) is 23.1 Å². The second-order valence-electron chi connectivity index (χ2n) is 7.78. The van der Waals surface area contributed by atoms with Crippen LogP contribution in [0.4, 0.5) is 0 Å². The van der Waals surface area contributed by atoms with Crippen molar-refractivity contribution in [1.29, 1.82) is 0 Å². The van der Waals surface area contributed by atoms with Gasteiger partial charge >= 0.3 is 5.97 Å². The molecule has 0 aromatic heterocycles. The van der Waals surface area contributed by atoms with Crippen molar-refractivity contribution in [3.8, 4) is 0 Å². The van der Waals surface area contributed by atoms with Gasteiger partial charge in [-0.25, -0.2) is 4.79 Å². The van der Waals surface area contributed by atoms with E-state index < -0.39 is 5.97 Å². The Morgan fingerprint density at radius 1 is 1.34 bits per heavy atom. The van der Waals surface area contributed by atoms with Crippen LogP contribution in [-0.2, 0) is 20.7 Å². The van der Waals surface area contributed by atoms with Crippen molar-refractivity contribution < 1.29 is 19.4 Å². The van der Waals surface area contributed by atoms with Crippen LogP contribution in [0.5, 0.6) is 0 Å². The van der Waals surface area contributed by atoms with E-state index in [2.05, 4.69) is 11.5 Å². The van der Waals surface area contributed by atoms with Crippen molar-refractivity contribution in [3.05, 3.63) is 70.3 Å². The third-order valence-electron chi connectivity index (χ3n) is 5.34. The van der Waals surface area contributed by atoms with Crippen LogP contribution in [0.15, 0.2) is 54.7 Å². The fourth-order valence-electron chi connectivity index (χ4n) is 3.55. The molecule has 1 amide bonds. The number of carbonyl (C=O) groups excluding carboxylic acids is 1. The molecule has 0 bridgehead atoms. The second-order valence-corrected chi connectivity index (χ2v) is 8.59. The lowest BCUT2D eigenvalue weighted by molar-refractivity contribution is -0.144. The van der Waals surface area contributed by atoms with E-state index in [-0.39, 0.29) is 31.1 Å². The third-order valence-corrected chi connectivity index (χ3v) is 6.08. The number of rotatable bonds is 11. The summed E-state index contributed by atoms with van der Waals surface area (Å²) >= 11 is 12.1. The highest BCUT2D eigenvalue weighted by Crippen LogP contribution is 2.24. The zero-order valence-electron chi connectivity index (χ0n) is 18.5. The van der Waals surface area contributed by atoms with Gasteiger partial charge in [0.15, 0.2) is 0 Å².